The zero-order chi connectivity index (χ0) is 17.6. The van der Waals surface area contributed by atoms with Crippen molar-refractivity contribution < 1.29 is 9.59 Å². The predicted molar refractivity (Wildman–Crippen MR) is 96.4 cm³/mol. The van der Waals surface area contributed by atoms with Gasteiger partial charge in [0.25, 0.3) is 5.91 Å². The maximum absolute atomic E-state index is 12.3. The monoisotopic (exact) mass is 360 g/mol. The van der Waals surface area contributed by atoms with Gasteiger partial charge in [-0.1, -0.05) is 41.9 Å². The Hall–Kier alpha value is -2.31. The Morgan fingerprint density at radius 1 is 1.12 bits per heavy atom. The number of hydrogen-bond donors (Lipinski definition) is 2. The SMILES string of the molecule is O=C(CN1CCN(C(=O)c2cc(Cl)c[nH]2)CC1)NCc1ccccc1. The molecule has 0 saturated carbocycles. The third-order valence-electron chi connectivity index (χ3n) is 4.24. The average molecular weight is 361 g/mol. The van der Waals surface area contributed by atoms with Gasteiger partial charge in [0, 0.05) is 38.9 Å². The quantitative estimate of drug-likeness (QED) is 0.853. The highest BCUT2D eigenvalue weighted by molar-refractivity contribution is 6.30. The number of halogens is 1. The third-order valence-corrected chi connectivity index (χ3v) is 4.46. The number of hydrogen-bond acceptors (Lipinski definition) is 3. The van der Waals surface area contributed by atoms with Gasteiger partial charge in [-0.3, -0.25) is 14.5 Å². The van der Waals surface area contributed by atoms with Crippen molar-refractivity contribution in [2.75, 3.05) is 32.7 Å². The summed E-state index contributed by atoms with van der Waals surface area (Å²) in [4.78, 5) is 31.1. The number of carbonyl (C=O) groups is 2. The van der Waals surface area contributed by atoms with Gasteiger partial charge < -0.3 is 15.2 Å². The molecule has 6 nitrogen and oxygen atoms in total. The Kier molecular flexibility index (Phi) is 5.73. The van der Waals surface area contributed by atoms with Crippen LogP contribution in [0.3, 0.4) is 0 Å². The van der Waals surface area contributed by atoms with Crippen LogP contribution in [0.4, 0.5) is 0 Å². The summed E-state index contributed by atoms with van der Waals surface area (Å²) in [6.45, 7) is 3.44. The Labute approximate surface area is 151 Å². The summed E-state index contributed by atoms with van der Waals surface area (Å²) in [6.07, 6.45) is 1.60. The summed E-state index contributed by atoms with van der Waals surface area (Å²) in [5.41, 5.74) is 1.58. The minimum atomic E-state index is -0.0555. The second-order valence-electron chi connectivity index (χ2n) is 6.06. The zero-order valence-corrected chi connectivity index (χ0v) is 14.6. The smallest absolute Gasteiger partial charge is 0.270 e. The topological polar surface area (TPSA) is 68.4 Å². The molecule has 0 unspecified atom stereocenters. The lowest BCUT2D eigenvalue weighted by Crippen LogP contribution is -2.51. The maximum atomic E-state index is 12.3. The molecular weight excluding hydrogens is 340 g/mol. The number of aromatic nitrogens is 1. The Bertz CT molecular complexity index is 724. The second kappa shape index (κ2) is 8.18. The van der Waals surface area contributed by atoms with Crippen molar-refractivity contribution in [1.82, 2.24) is 20.1 Å². The number of nitrogens with zero attached hydrogens (tertiary/aromatic N) is 2. The molecule has 2 N–H and O–H groups in total. The Morgan fingerprint density at radius 3 is 2.48 bits per heavy atom. The average Bonchev–Trinajstić information content (AvgIpc) is 3.07. The van der Waals surface area contributed by atoms with Gasteiger partial charge in [-0.2, -0.15) is 0 Å². The molecule has 1 aliphatic heterocycles. The van der Waals surface area contributed by atoms with Crippen LogP contribution in [0.1, 0.15) is 16.1 Å². The minimum Gasteiger partial charge on any atom is -0.356 e. The van der Waals surface area contributed by atoms with Crippen molar-refractivity contribution in [3.8, 4) is 0 Å². The van der Waals surface area contributed by atoms with E-state index in [2.05, 4.69) is 15.2 Å². The van der Waals surface area contributed by atoms with E-state index >= 15 is 0 Å². The second-order valence-corrected chi connectivity index (χ2v) is 6.50. The number of nitrogens with one attached hydrogen (secondary N) is 2. The molecule has 2 heterocycles. The predicted octanol–water partition coefficient (Wildman–Crippen LogP) is 1.74. The van der Waals surface area contributed by atoms with E-state index in [4.69, 9.17) is 11.6 Å². The van der Waals surface area contributed by atoms with Gasteiger partial charge in [0.2, 0.25) is 5.91 Å². The van der Waals surface area contributed by atoms with Crippen LogP contribution in [0.15, 0.2) is 42.6 Å². The van der Waals surface area contributed by atoms with E-state index in [1.165, 1.54) is 0 Å². The largest absolute Gasteiger partial charge is 0.356 e. The molecular formula is C18H21ClN4O2. The molecule has 3 rings (SSSR count). The first-order valence-corrected chi connectivity index (χ1v) is 8.66. The van der Waals surface area contributed by atoms with E-state index in [0.29, 0.717) is 50.0 Å². The van der Waals surface area contributed by atoms with Gasteiger partial charge in [0.05, 0.1) is 11.6 Å². The molecule has 25 heavy (non-hydrogen) atoms. The first-order chi connectivity index (χ1) is 12.1. The van der Waals surface area contributed by atoms with Crippen molar-refractivity contribution in [1.29, 1.82) is 0 Å². The number of H-pyrrole nitrogens is 1. The molecule has 132 valence electrons. The van der Waals surface area contributed by atoms with E-state index in [9.17, 15) is 9.59 Å². The number of rotatable bonds is 5. The van der Waals surface area contributed by atoms with Gasteiger partial charge in [-0.25, -0.2) is 0 Å². The molecule has 0 aliphatic carbocycles. The van der Waals surface area contributed by atoms with E-state index in [0.717, 1.165) is 5.56 Å². The molecule has 1 saturated heterocycles. The highest BCUT2D eigenvalue weighted by Gasteiger charge is 2.24. The van der Waals surface area contributed by atoms with Gasteiger partial charge in [0.15, 0.2) is 0 Å². The Balaban J connectivity index is 1.41. The van der Waals surface area contributed by atoms with Gasteiger partial charge >= 0.3 is 0 Å². The molecule has 0 bridgehead atoms. The van der Waals surface area contributed by atoms with Crippen molar-refractivity contribution in [3.05, 3.63) is 58.9 Å². The summed E-state index contributed by atoms with van der Waals surface area (Å²) in [6, 6.07) is 11.5. The first kappa shape index (κ1) is 17.5. The van der Waals surface area contributed by atoms with Crippen LogP contribution in [-0.4, -0.2) is 59.3 Å². The lowest BCUT2D eigenvalue weighted by atomic mass is 10.2. The number of benzene rings is 1. The fourth-order valence-corrected chi connectivity index (χ4v) is 2.99. The highest BCUT2D eigenvalue weighted by Crippen LogP contribution is 2.13. The molecule has 2 aromatic rings. The van der Waals surface area contributed by atoms with Crippen LogP contribution in [0.5, 0.6) is 0 Å². The number of aromatic amines is 1. The molecule has 0 atom stereocenters. The van der Waals surface area contributed by atoms with Gasteiger partial charge in [-0.15, -0.1) is 0 Å². The zero-order valence-electron chi connectivity index (χ0n) is 13.9. The van der Waals surface area contributed by atoms with Crippen LogP contribution in [0.25, 0.3) is 0 Å². The molecule has 0 radical (unpaired) electrons. The summed E-state index contributed by atoms with van der Waals surface area (Å²) in [5.74, 6) is -0.0557. The van der Waals surface area contributed by atoms with E-state index in [1.54, 1.807) is 17.2 Å². The summed E-state index contributed by atoms with van der Waals surface area (Å²) in [7, 11) is 0. The van der Waals surface area contributed by atoms with E-state index < -0.39 is 0 Å². The van der Waals surface area contributed by atoms with Crippen LogP contribution < -0.4 is 5.32 Å². The van der Waals surface area contributed by atoms with Crippen molar-refractivity contribution in [3.63, 3.8) is 0 Å². The van der Waals surface area contributed by atoms with Gasteiger partial charge in [-0.05, 0) is 11.6 Å². The molecule has 1 aliphatic rings. The first-order valence-electron chi connectivity index (χ1n) is 8.28. The normalized spacial score (nSPS) is 15.2. The summed E-state index contributed by atoms with van der Waals surface area (Å²) < 4.78 is 0. The lowest BCUT2D eigenvalue weighted by Gasteiger charge is -2.34. The van der Waals surface area contributed by atoms with Crippen molar-refractivity contribution in [2.45, 2.75) is 6.54 Å². The van der Waals surface area contributed by atoms with Crippen molar-refractivity contribution >= 4 is 23.4 Å². The number of carbonyl (C=O) groups excluding carboxylic acids is 2. The molecule has 1 aromatic carbocycles. The molecule has 1 fully saturated rings. The number of piperazine rings is 1. The van der Waals surface area contributed by atoms with Crippen LogP contribution >= 0.6 is 11.6 Å². The van der Waals surface area contributed by atoms with E-state index in [1.807, 2.05) is 30.3 Å². The molecule has 0 spiro atoms. The van der Waals surface area contributed by atoms with Gasteiger partial charge in [0.1, 0.15) is 5.69 Å². The van der Waals surface area contributed by atoms with Crippen LogP contribution in [0.2, 0.25) is 5.02 Å². The third kappa shape index (κ3) is 4.84. The molecule has 1 aromatic heterocycles. The van der Waals surface area contributed by atoms with Crippen LogP contribution in [0, 0.1) is 0 Å². The van der Waals surface area contributed by atoms with E-state index in [-0.39, 0.29) is 11.8 Å². The fraction of sp³-hybridized carbons (Fsp3) is 0.333. The highest BCUT2D eigenvalue weighted by atomic mass is 35.5. The van der Waals surface area contributed by atoms with Crippen LogP contribution in [-0.2, 0) is 11.3 Å². The fourth-order valence-electron chi connectivity index (χ4n) is 2.83. The minimum absolute atomic E-state index is 0.000204. The standard InChI is InChI=1S/C18H21ClN4O2/c19-15-10-16(20-12-15)18(25)23-8-6-22(7-9-23)13-17(24)21-11-14-4-2-1-3-5-14/h1-5,10,12,20H,6-9,11,13H2,(H,21,24). The molecule has 7 heteroatoms. The molecule has 2 amide bonds. The lowest BCUT2D eigenvalue weighted by molar-refractivity contribution is -0.122. The number of amides is 2. The maximum Gasteiger partial charge on any atom is 0.270 e. The summed E-state index contributed by atoms with van der Waals surface area (Å²) >= 11 is 5.84. The van der Waals surface area contributed by atoms with Crippen molar-refractivity contribution in [2.24, 2.45) is 0 Å². The Morgan fingerprint density at radius 2 is 1.84 bits per heavy atom. The summed E-state index contributed by atoms with van der Waals surface area (Å²) in [5, 5.41) is 3.45.